The van der Waals surface area contributed by atoms with E-state index >= 15 is 0 Å². The summed E-state index contributed by atoms with van der Waals surface area (Å²) < 4.78 is 16.8. The molecule has 8 N–H and O–H groups in total. The Kier molecular flexibility index (Phi) is 31.0. The maximum absolute atomic E-state index is 12.7. The minimum absolute atomic E-state index is 0. The van der Waals surface area contributed by atoms with Gasteiger partial charge in [-0.3, -0.25) is 14.4 Å². The van der Waals surface area contributed by atoms with E-state index in [0.29, 0.717) is 63.2 Å². The standard InChI is InChI=1S/C21H24N4O2S.C19H30N4O3S2.C9H9BrO.C2H4O2.H3P/c1-3-23-11-12-27-17-9-7-16(8-10-17)24-21-25-20(22)19(28-21)18(26)15-6-4-5-14(2)13-15;1-6-23(18(24)26-19(3,4)5)12-13-25-15-10-8-14(9-11-15)21-17(27)22-16(20)28-7-2;1-7-3-2-4-8(5-7)9(11)6-10;1-2(3)4;/h4-10,13,23H,3,11-12,22H2,1-2H3,(H,24,25);8-11H,6-7,12-13H2,1-5H3,(H3,20,21,22,27);2-5H,6H2,1H3;1H3,(H,3,4);1H3. The van der Waals surface area contributed by atoms with E-state index in [-0.39, 0.29) is 33.4 Å². The number of hydrogen-bond acceptors (Lipinski definition) is 14. The number of aryl methyl sites for hydroxylation is 2. The molecule has 1 heterocycles. The lowest BCUT2D eigenvalue weighted by Gasteiger charge is -2.26. The fourth-order valence-electron chi connectivity index (χ4n) is 5.58. The highest BCUT2D eigenvalue weighted by Gasteiger charge is 2.21. The fraction of sp³-hybridized carbons (Fsp3) is 0.353. The van der Waals surface area contributed by atoms with Crippen molar-refractivity contribution in [1.82, 2.24) is 15.2 Å². The summed E-state index contributed by atoms with van der Waals surface area (Å²) in [6.45, 7) is 20.2. The van der Waals surface area contributed by atoms with Gasteiger partial charge in [0.25, 0.3) is 5.97 Å². The third-order valence-electron chi connectivity index (χ3n) is 8.78. The summed E-state index contributed by atoms with van der Waals surface area (Å²) in [7, 11) is 0. The molecule has 0 aliphatic carbocycles. The van der Waals surface area contributed by atoms with Crippen LogP contribution in [-0.4, -0.2) is 105 Å². The number of likely N-dealkylation sites (N-methyl/N-ethyl adjacent to an activating group) is 2. The zero-order valence-electron chi connectivity index (χ0n) is 42.5. The largest absolute Gasteiger partial charge is 0.492 e. The van der Waals surface area contributed by atoms with Gasteiger partial charge in [-0.15, -0.1) is 0 Å². The molecule has 0 aliphatic heterocycles. The molecule has 1 unspecified atom stereocenters. The quantitative estimate of drug-likeness (QED) is 0.00911. The molecule has 0 aliphatic rings. The Morgan fingerprint density at radius 3 is 1.93 bits per heavy atom. The average molecular weight is 1130 g/mol. The van der Waals surface area contributed by atoms with Crippen molar-refractivity contribution < 1.29 is 38.5 Å². The van der Waals surface area contributed by atoms with Gasteiger partial charge in [-0.25, -0.2) is 9.78 Å². The van der Waals surface area contributed by atoms with Crippen molar-refractivity contribution in [3.8, 4) is 11.5 Å². The van der Waals surface area contributed by atoms with Crippen LogP contribution >= 0.6 is 61.1 Å². The van der Waals surface area contributed by atoms with Crippen LogP contribution in [0.3, 0.4) is 0 Å². The summed E-state index contributed by atoms with van der Waals surface area (Å²) in [5, 5.41) is 18.5. The molecule has 1 atom stereocenters. The Labute approximate surface area is 449 Å². The molecule has 1 aromatic heterocycles. The van der Waals surface area contributed by atoms with Crippen LogP contribution in [0.4, 0.5) is 27.1 Å². The van der Waals surface area contributed by atoms with Gasteiger partial charge in [0.05, 0.1) is 11.9 Å². The van der Waals surface area contributed by atoms with E-state index in [1.165, 1.54) is 23.1 Å². The molecule has 1 amide bonds. The minimum Gasteiger partial charge on any atom is -0.492 e. The number of halogens is 1. The molecule has 0 saturated heterocycles. The predicted octanol–water partition coefficient (Wildman–Crippen LogP) is 10.8. The second-order valence-corrected chi connectivity index (χ2v) is 19.2. The molecule has 0 fully saturated rings. The number of nitrogen functional groups attached to an aromatic ring is 1. The number of carbonyl (C=O) groups is 4. The number of anilines is 4. The normalized spacial score (nSPS) is 10.5. The maximum atomic E-state index is 12.7. The molecule has 0 spiro atoms. The number of aromatic nitrogens is 1. The highest BCUT2D eigenvalue weighted by atomic mass is 79.9. The Morgan fingerprint density at radius 1 is 0.875 bits per heavy atom. The van der Waals surface area contributed by atoms with Gasteiger partial charge in [-0.2, -0.15) is 14.9 Å². The first-order valence-corrected chi connectivity index (χ1v) is 25.9. The molecule has 5 rings (SSSR count). The van der Waals surface area contributed by atoms with Crippen LogP contribution in [0.2, 0.25) is 0 Å². The number of carbonyl (C=O) groups excluding carboxylic acids is 3. The van der Waals surface area contributed by atoms with Gasteiger partial charge >= 0.3 is 6.09 Å². The van der Waals surface area contributed by atoms with Gasteiger partial charge in [0.2, 0.25) is 5.78 Å². The number of thiazole rings is 1. The number of nitrogens with zero attached hydrogens (tertiary/aromatic N) is 3. The van der Waals surface area contributed by atoms with Crippen LogP contribution in [0.15, 0.2) is 102 Å². The van der Waals surface area contributed by atoms with Crippen LogP contribution in [-0.2, 0) is 9.53 Å². The van der Waals surface area contributed by atoms with Crippen LogP contribution in [0, 0.1) is 13.8 Å². The van der Waals surface area contributed by atoms with Crippen LogP contribution in [0.25, 0.3) is 0 Å². The highest BCUT2D eigenvalue weighted by molar-refractivity contribution is 9.09. The summed E-state index contributed by atoms with van der Waals surface area (Å²) >= 11 is 11.0. The van der Waals surface area contributed by atoms with Crippen molar-refractivity contribution in [3.63, 3.8) is 0 Å². The van der Waals surface area contributed by atoms with Crippen molar-refractivity contribution in [1.29, 1.82) is 0 Å². The number of carboxylic acid groups (broad SMARTS) is 1. The molecule has 16 nitrogen and oxygen atoms in total. The second kappa shape index (κ2) is 34.7. The first kappa shape index (κ1) is 64.4. The monoisotopic (exact) mass is 1130 g/mol. The Hall–Kier alpha value is -5.63. The molecule has 21 heteroatoms. The molecule has 0 radical (unpaired) electrons. The number of amidine groups is 1. The second-order valence-electron chi connectivity index (χ2n) is 16.0. The smallest absolute Gasteiger partial charge is 0.410 e. The fourth-order valence-corrected chi connectivity index (χ4v) is 7.50. The van der Waals surface area contributed by atoms with E-state index in [0.717, 1.165) is 59.6 Å². The lowest BCUT2D eigenvalue weighted by atomic mass is 10.1. The van der Waals surface area contributed by atoms with Crippen molar-refractivity contribution in [2.24, 2.45) is 10.7 Å². The number of hydrogen-bond donors (Lipinski definition) is 6. The molecule has 0 saturated carbocycles. The Balaban J connectivity index is 0.000000555. The number of nitrogens with one attached hydrogen (secondary N) is 3. The molecule has 0 bridgehead atoms. The number of benzene rings is 4. The van der Waals surface area contributed by atoms with Gasteiger partial charge < -0.3 is 51.6 Å². The van der Waals surface area contributed by atoms with E-state index in [1.807, 2.05) is 139 Å². The molecule has 72 heavy (non-hydrogen) atoms. The lowest BCUT2D eigenvalue weighted by molar-refractivity contribution is -0.134. The van der Waals surface area contributed by atoms with Crippen molar-refractivity contribution in [3.05, 3.63) is 124 Å². The zero-order valence-corrected chi connectivity index (χ0v) is 48.0. The van der Waals surface area contributed by atoms with Crippen LogP contribution in [0.1, 0.15) is 85.2 Å². The SMILES string of the molecule is CC(=O)O.CCNCCOc1ccc(Nc2nc(N)c(C(=O)c3cccc(C)c3)s2)cc1.CCSC(N)=NC(=S)Nc1ccc(OCCN(CC)C(=O)OC(C)(C)C)cc1.Cc1cccc(C(=O)CBr)c1.P. The van der Waals surface area contributed by atoms with Crippen LogP contribution in [0.5, 0.6) is 11.5 Å². The number of Topliss-reactive ketones (excluding diaryl/α,β-unsaturated/α-hetero) is 1. The van der Waals surface area contributed by atoms with Gasteiger partial charge in [0.1, 0.15) is 41.0 Å². The topological polar surface area (TPSA) is 233 Å². The van der Waals surface area contributed by atoms with Gasteiger partial charge in [0, 0.05) is 42.5 Å². The molecular formula is C51H70BrN8O8PS3. The molecule has 4 aromatic carbocycles. The van der Waals surface area contributed by atoms with Crippen molar-refractivity contribution in [2.45, 2.75) is 67.9 Å². The lowest BCUT2D eigenvalue weighted by Crippen LogP contribution is -2.38. The first-order valence-electron chi connectivity index (χ1n) is 22.6. The third-order valence-corrected chi connectivity index (χ3v) is 11.1. The number of thioether (sulfide) groups is 1. The maximum Gasteiger partial charge on any atom is 0.410 e. The number of aliphatic carboxylic acids is 1. The van der Waals surface area contributed by atoms with Crippen LogP contribution < -0.4 is 36.9 Å². The summed E-state index contributed by atoms with van der Waals surface area (Å²) in [6.07, 6.45) is -0.340. The summed E-state index contributed by atoms with van der Waals surface area (Å²) in [5.74, 6) is 1.76. The van der Waals surface area contributed by atoms with E-state index in [4.69, 9.17) is 47.8 Å². The summed E-state index contributed by atoms with van der Waals surface area (Å²) in [5.41, 5.74) is 16.4. The molecule has 392 valence electrons. The first-order chi connectivity index (χ1) is 33.7. The third kappa shape index (κ3) is 26.7. The van der Waals surface area contributed by atoms with Gasteiger partial charge in [-0.05, 0) is 127 Å². The van der Waals surface area contributed by atoms with Crippen molar-refractivity contribution in [2.75, 3.05) is 66.8 Å². The molecular weight excluding hydrogens is 1060 g/mol. The number of ketones is 2. The average Bonchev–Trinajstić information content (AvgIpc) is 3.68. The van der Waals surface area contributed by atoms with E-state index in [9.17, 15) is 14.4 Å². The zero-order chi connectivity index (χ0) is 52.9. The number of rotatable bonds is 18. The van der Waals surface area contributed by atoms with E-state index in [2.05, 4.69) is 48.8 Å². The number of amides is 1. The number of ether oxygens (including phenoxy) is 3. The summed E-state index contributed by atoms with van der Waals surface area (Å²) in [6, 6.07) is 30.0. The number of thiocarbonyl (C=S) groups is 1. The number of nitrogens with two attached hydrogens (primary N) is 2. The van der Waals surface area contributed by atoms with Gasteiger partial charge in [-0.1, -0.05) is 100 Å². The highest BCUT2D eigenvalue weighted by Crippen LogP contribution is 2.30. The number of alkyl halides is 1. The van der Waals surface area contributed by atoms with Gasteiger partial charge in [0.15, 0.2) is 21.2 Å². The molecule has 5 aromatic rings. The Bertz CT molecular complexity index is 2490. The predicted molar refractivity (Wildman–Crippen MR) is 310 cm³/mol. The van der Waals surface area contributed by atoms with E-state index in [1.54, 1.807) is 11.0 Å². The Morgan fingerprint density at radius 2 is 1.42 bits per heavy atom. The summed E-state index contributed by atoms with van der Waals surface area (Å²) in [4.78, 5) is 55.4. The minimum atomic E-state index is -0.833. The number of carboxylic acids is 1. The number of aliphatic imine (C=N–C) groups is 1. The van der Waals surface area contributed by atoms with E-state index < -0.39 is 11.6 Å². The van der Waals surface area contributed by atoms with Crippen molar-refractivity contribution >= 4 is 117 Å².